The van der Waals surface area contributed by atoms with Crippen LogP contribution in [0.1, 0.15) is 19.4 Å². The van der Waals surface area contributed by atoms with E-state index in [4.69, 9.17) is 4.74 Å². The molecule has 5 nitrogen and oxygen atoms in total. The first-order valence-corrected chi connectivity index (χ1v) is 7.12. The molecule has 0 radical (unpaired) electrons. The maximum Gasteiger partial charge on any atom is 0.410 e. The summed E-state index contributed by atoms with van der Waals surface area (Å²) in [7, 11) is 0. The van der Waals surface area contributed by atoms with Gasteiger partial charge in [-0.25, -0.2) is 9.18 Å². The van der Waals surface area contributed by atoms with E-state index in [0.29, 0.717) is 25.3 Å². The number of halogens is 1. The normalized spacial score (nSPS) is 16.4. The number of rotatable bonds is 5. The lowest BCUT2D eigenvalue weighted by Crippen LogP contribution is -2.42. The molecule has 0 bridgehead atoms. The van der Waals surface area contributed by atoms with Crippen LogP contribution in [-0.2, 0) is 9.53 Å². The van der Waals surface area contributed by atoms with Gasteiger partial charge in [-0.3, -0.25) is 4.79 Å². The predicted molar refractivity (Wildman–Crippen MR) is 80.6 cm³/mol. The van der Waals surface area contributed by atoms with Crippen LogP contribution in [0, 0.1) is 5.82 Å². The largest absolute Gasteiger partial charge is 0.448 e. The Hall–Kier alpha value is -2.37. The fourth-order valence-electron chi connectivity index (χ4n) is 2.18. The second-order valence-corrected chi connectivity index (χ2v) is 5.31. The molecule has 1 unspecified atom stereocenters. The second-order valence-electron chi connectivity index (χ2n) is 5.31. The molecule has 0 spiro atoms. The van der Waals surface area contributed by atoms with Crippen LogP contribution in [0.3, 0.4) is 0 Å². The highest BCUT2D eigenvalue weighted by molar-refractivity contribution is 5.97. The first-order chi connectivity index (χ1) is 10.5. The van der Waals surface area contributed by atoms with Gasteiger partial charge in [0.2, 0.25) is 5.91 Å². The molecule has 0 aromatic heterocycles. The van der Waals surface area contributed by atoms with Gasteiger partial charge in [-0.15, -0.1) is 0 Å². The van der Waals surface area contributed by atoms with Crippen LogP contribution in [-0.4, -0.2) is 42.6 Å². The lowest BCUT2D eigenvalue weighted by molar-refractivity contribution is -0.118. The Kier molecular flexibility index (Phi) is 5.14. The van der Waals surface area contributed by atoms with Crippen LogP contribution < -0.4 is 5.32 Å². The van der Waals surface area contributed by atoms with E-state index in [1.807, 2.05) is 6.92 Å². The van der Waals surface area contributed by atoms with Gasteiger partial charge in [0.05, 0.1) is 6.54 Å². The minimum absolute atomic E-state index is 0.185. The van der Waals surface area contributed by atoms with Gasteiger partial charge in [0.25, 0.3) is 0 Å². The van der Waals surface area contributed by atoms with Gasteiger partial charge in [-0.05, 0) is 37.6 Å². The van der Waals surface area contributed by atoms with Crippen molar-refractivity contribution in [1.29, 1.82) is 0 Å². The van der Waals surface area contributed by atoms with Crippen LogP contribution in [0.5, 0.6) is 0 Å². The molecule has 1 heterocycles. The zero-order chi connectivity index (χ0) is 16.1. The Morgan fingerprint density at radius 1 is 1.45 bits per heavy atom. The summed E-state index contributed by atoms with van der Waals surface area (Å²) in [4.78, 5) is 25.0. The molecule has 1 aromatic rings. The molecule has 6 heteroatoms. The summed E-state index contributed by atoms with van der Waals surface area (Å²) in [5.74, 6) is -0.533. The first kappa shape index (κ1) is 16.0. The third kappa shape index (κ3) is 4.31. The molecule has 1 aliphatic rings. The Bertz CT molecular complexity index is 584. The number of hydrogen-bond donors (Lipinski definition) is 1. The third-order valence-corrected chi connectivity index (χ3v) is 3.33. The highest BCUT2D eigenvalue weighted by Gasteiger charge is 2.24. The third-order valence-electron chi connectivity index (χ3n) is 3.33. The molecule has 2 amide bonds. The highest BCUT2D eigenvalue weighted by atomic mass is 19.1. The summed E-state index contributed by atoms with van der Waals surface area (Å²) >= 11 is 0. The Morgan fingerprint density at radius 3 is 2.73 bits per heavy atom. The van der Waals surface area contributed by atoms with Crippen molar-refractivity contribution in [2.75, 3.05) is 19.7 Å². The van der Waals surface area contributed by atoms with Crippen molar-refractivity contribution in [2.45, 2.75) is 19.9 Å². The van der Waals surface area contributed by atoms with Gasteiger partial charge < -0.3 is 15.0 Å². The smallest absolute Gasteiger partial charge is 0.410 e. The average Bonchev–Trinajstić information content (AvgIpc) is 2.86. The molecule has 0 saturated carbocycles. The lowest BCUT2D eigenvalue weighted by atomic mass is 10.1. The van der Waals surface area contributed by atoms with Crippen molar-refractivity contribution < 1.29 is 18.7 Å². The van der Waals surface area contributed by atoms with Crippen LogP contribution in [0.4, 0.5) is 9.18 Å². The van der Waals surface area contributed by atoms with Crippen LogP contribution in [0.15, 0.2) is 29.8 Å². The number of carbonyl (C=O) groups is 2. The molecule has 1 saturated heterocycles. The van der Waals surface area contributed by atoms with Crippen molar-refractivity contribution in [3.8, 4) is 0 Å². The summed E-state index contributed by atoms with van der Waals surface area (Å²) in [6.45, 7) is 4.87. The predicted octanol–water partition coefficient (Wildman–Crippen LogP) is 2.19. The fraction of sp³-hybridized carbons (Fsp3) is 0.375. The number of benzene rings is 1. The van der Waals surface area contributed by atoms with Crippen molar-refractivity contribution in [3.63, 3.8) is 0 Å². The van der Waals surface area contributed by atoms with Gasteiger partial charge in [0.15, 0.2) is 0 Å². The van der Waals surface area contributed by atoms with Gasteiger partial charge in [0.1, 0.15) is 12.4 Å². The van der Waals surface area contributed by atoms with Gasteiger partial charge in [0, 0.05) is 18.2 Å². The monoisotopic (exact) mass is 306 g/mol. The maximum atomic E-state index is 12.8. The summed E-state index contributed by atoms with van der Waals surface area (Å²) in [6, 6.07) is 5.72. The van der Waals surface area contributed by atoms with E-state index in [2.05, 4.69) is 5.32 Å². The van der Waals surface area contributed by atoms with Crippen molar-refractivity contribution in [3.05, 3.63) is 41.2 Å². The molecule has 1 aliphatic heterocycles. The van der Waals surface area contributed by atoms with E-state index in [1.165, 1.54) is 12.1 Å². The number of nitrogens with zero attached hydrogens (tertiary/aromatic N) is 1. The Balaban J connectivity index is 1.90. The minimum Gasteiger partial charge on any atom is -0.448 e. The van der Waals surface area contributed by atoms with Crippen LogP contribution in [0.2, 0.25) is 0 Å². The van der Waals surface area contributed by atoms with Crippen LogP contribution in [0.25, 0.3) is 6.08 Å². The van der Waals surface area contributed by atoms with Crippen LogP contribution >= 0.6 is 0 Å². The number of cyclic esters (lactones) is 1. The van der Waals surface area contributed by atoms with E-state index in [1.54, 1.807) is 30.0 Å². The van der Waals surface area contributed by atoms with Gasteiger partial charge in [-0.1, -0.05) is 12.1 Å². The maximum absolute atomic E-state index is 12.8. The van der Waals surface area contributed by atoms with E-state index in [9.17, 15) is 14.0 Å². The summed E-state index contributed by atoms with van der Waals surface area (Å²) < 4.78 is 17.7. The van der Waals surface area contributed by atoms with E-state index in [-0.39, 0.29) is 23.9 Å². The molecular formula is C16H19FN2O3. The number of amides is 2. The van der Waals surface area contributed by atoms with E-state index >= 15 is 0 Å². The summed E-state index contributed by atoms with van der Waals surface area (Å²) in [5.41, 5.74) is 1.27. The fourth-order valence-corrected chi connectivity index (χ4v) is 2.18. The molecule has 1 fully saturated rings. The number of hydrogen-bond acceptors (Lipinski definition) is 3. The van der Waals surface area contributed by atoms with Gasteiger partial charge >= 0.3 is 6.09 Å². The Morgan fingerprint density at radius 2 is 2.14 bits per heavy atom. The Labute approximate surface area is 128 Å². The zero-order valence-electron chi connectivity index (χ0n) is 12.6. The molecule has 118 valence electrons. The SMILES string of the molecule is C/C(=C\c1ccc(F)cc1)C(=O)NC(C)CN1CCOC1=O. The average molecular weight is 306 g/mol. The van der Waals surface area contributed by atoms with E-state index < -0.39 is 0 Å². The highest BCUT2D eigenvalue weighted by Crippen LogP contribution is 2.09. The molecule has 1 atom stereocenters. The quantitative estimate of drug-likeness (QED) is 0.848. The number of nitrogens with one attached hydrogen (secondary N) is 1. The molecule has 22 heavy (non-hydrogen) atoms. The van der Waals surface area contributed by atoms with Gasteiger partial charge in [-0.2, -0.15) is 0 Å². The van der Waals surface area contributed by atoms with Crippen molar-refractivity contribution >= 4 is 18.1 Å². The molecule has 0 aliphatic carbocycles. The van der Waals surface area contributed by atoms with E-state index in [0.717, 1.165) is 5.56 Å². The van der Waals surface area contributed by atoms with Crippen molar-refractivity contribution in [1.82, 2.24) is 10.2 Å². The number of carbonyl (C=O) groups excluding carboxylic acids is 2. The molecule has 1 aromatic carbocycles. The topological polar surface area (TPSA) is 58.6 Å². The summed E-state index contributed by atoms with van der Waals surface area (Å²) in [6.07, 6.45) is 1.34. The molecule has 2 rings (SSSR count). The van der Waals surface area contributed by atoms with Crippen molar-refractivity contribution in [2.24, 2.45) is 0 Å². The second kappa shape index (κ2) is 7.06. The standard InChI is InChI=1S/C16H19FN2O3/c1-11(9-13-3-5-14(17)6-4-13)15(20)18-12(2)10-19-7-8-22-16(19)21/h3-6,9,12H,7-8,10H2,1-2H3,(H,18,20)/b11-9+. The molecular weight excluding hydrogens is 287 g/mol. The summed E-state index contributed by atoms with van der Waals surface area (Å²) in [5, 5.41) is 2.83. The first-order valence-electron chi connectivity index (χ1n) is 7.12. The lowest BCUT2D eigenvalue weighted by Gasteiger charge is -2.19. The minimum atomic E-state index is -0.348. The number of ether oxygens (including phenoxy) is 1. The zero-order valence-corrected chi connectivity index (χ0v) is 12.6. The molecule has 1 N–H and O–H groups in total.